The number of benzene rings is 1. The Hall–Kier alpha value is -2.08. The van der Waals surface area contributed by atoms with Crippen molar-refractivity contribution in [2.24, 2.45) is 5.92 Å². The van der Waals surface area contributed by atoms with Gasteiger partial charge in [0.2, 0.25) is 5.91 Å². The van der Waals surface area contributed by atoms with Crippen LogP contribution in [-0.2, 0) is 11.3 Å². The SMILES string of the molecule is CNC(=O)N1C[C@@H]2CN(Cc3ccccc3)C[C@H](C1)C(=O)N2. The van der Waals surface area contributed by atoms with Gasteiger partial charge in [0.25, 0.3) is 0 Å². The molecule has 2 atom stereocenters. The zero-order valence-electron chi connectivity index (χ0n) is 12.8. The molecule has 22 heavy (non-hydrogen) atoms. The van der Waals surface area contributed by atoms with Crippen molar-refractivity contribution < 1.29 is 9.59 Å². The van der Waals surface area contributed by atoms with Gasteiger partial charge in [-0.25, -0.2) is 4.79 Å². The predicted octanol–water partition coefficient (Wildman–Crippen LogP) is 0.258. The normalized spacial score (nSPS) is 25.3. The van der Waals surface area contributed by atoms with Crippen LogP contribution in [0.3, 0.4) is 0 Å². The van der Waals surface area contributed by atoms with Gasteiger partial charge in [0.1, 0.15) is 0 Å². The van der Waals surface area contributed by atoms with Crippen LogP contribution >= 0.6 is 0 Å². The fraction of sp³-hybridized carbons (Fsp3) is 0.500. The summed E-state index contributed by atoms with van der Waals surface area (Å²) in [7, 11) is 1.62. The molecule has 118 valence electrons. The van der Waals surface area contributed by atoms with Gasteiger partial charge in [0.15, 0.2) is 0 Å². The van der Waals surface area contributed by atoms with E-state index in [1.807, 2.05) is 18.2 Å². The van der Waals surface area contributed by atoms with E-state index in [-0.39, 0.29) is 23.9 Å². The maximum absolute atomic E-state index is 12.3. The van der Waals surface area contributed by atoms with Crippen molar-refractivity contribution in [3.05, 3.63) is 35.9 Å². The number of urea groups is 1. The molecule has 0 radical (unpaired) electrons. The zero-order chi connectivity index (χ0) is 15.5. The van der Waals surface area contributed by atoms with Crippen molar-refractivity contribution in [2.75, 3.05) is 33.2 Å². The smallest absolute Gasteiger partial charge is 0.317 e. The summed E-state index contributed by atoms with van der Waals surface area (Å²) in [6.07, 6.45) is 0. The van der Waals surface area contributed by atoms with Crippen LogP contribution in [0.4, 0.5) is 4.79 Å². The van der Waals surface area contributed by atoms with E-state index in [1.165, 1.54) is 5.56 Å². The second-order valence-electron chi connectivity index (χ2n) is 6.04. The number of fused-ring (bicyclic) bond motifs is 3. The first-order chi connectivity index (χ1) is 10.7. The van der Waals surface area contributed by atoms with Gasteiger partial charge >= 0.3 is 6.03 Å². The fourth-order valence-electron chi connectivity index (χ4n) is 3.29. The van der Waals surface area contributed by atoms with Crippen molar-refractivity contribution in [3.8, 4) is 0 Å². The quantitative estimate of drug-likeness (QED) is 0.823. The highest BCUT2D eigenvalue weighted by atomic mass is 16.2. The molecule has 0 spiro atoms. The van der Waals surface area contributed by atoms with Crippen LogP contribution in [0, 0.1) is 5.92 Å². The predicted molar refractivity (Wildman–Crippen MR) is 83.2 cm³/mol. The highest BCUT2D eigenvalue weighted by molar-refractivity contribution is 5.82. The van der Waals surface area contributed by atoms with E-state index in [2.05, 4.69) is 27.7 Å². The molecule has 2 fully saturated rings. The van der Waals surface area contributed by atoms with Crippen LogP contribution in [0.25, 0.3) is 0 Å². The lowest BCUT2D eigenvalue weighted by Crippen LogP contribution is -2.50. The molecule has 3 rings (SSSR count). The molecule has 1 aromatic carbocycles. The van der Waals surface area contributed by atoms with Crippen molar-refractivity contribution in [1.29, 1.82) is 0 Å². The first kappa shape index (κ1) is 14.8. The van der Waals surface area contributed by atoms with Gasteiger partial charge < -0.3 is 15.5 Å². The van der Waals surface area contributed by atoms with Gasteiger partial charge in [-0.05, 0) is 5.56 Å². The first-order valence-corrected chi connectivity index (χ1v) is 7.69. The lowest BCUT2D eigenvalue weighted by molar-refractivity contribution is -0.124. The van der Waals surface area contributed by atoms with E-state index < -0.39 is 0 Å². The lowest BCUT2D eigenvalue weighted by atomic mass is 10.1. The van der Waals surface area contributed by atoms with Gasteiger partial charge in [-0.2, -0.15) is 0 Å². The van der Waals surface area contributed by atoms with Gasteiger partial charge in [-0.15, -0.1) is 0 Å². The van der Waals surface area contributed by atoms with Crippen molar-refractivity contribution in [3.63, 3.8) is 0 Å². The summed E-state index contributed by atoms with van der Waals surface area (Å²) < 4.78 is 0. The Kier molecular flexibility index (Phi) is 4.29. The Bertz CT molecular complexity index is 548. The van der Waals surface area contributed by atoms with E-state index in [0.717, 1.165) is 13.1 Å². The highest BCUT2D eigenvalue weighted by Crippen LogP contribution is 2.18. The Labute approximate surface area is 130 Å². The number of hydrogen-bond donors (Lipinski definition) is 2. The second-order valence-corrected chi connectivity index (χ2v) is 6.04. The Balaban J connectivity index is 1.73. The van der Waals surface area contributed by atoms with E-state index in [0.29, 0.717) is 19.6 Å². The van der Waals surface area contributed by atoms with Gasteiger partial charge in [-0.1, -0.05) is 30.3 Å². The van der Waals surface area contributed by atoms with Crippen LogP contribution in [0.5, 0.6) is 0 Å². The average Bonchev–Trinajstić information content (AvgIpc) is 2.74. The molecular formula is C16H22N4O2. The van der Waals surface area contributed by atoms with E-state index >= 15 is 0 Å². The largest absolute Gasteiger partial charge is 0.350 e. The van der Waals surface area contributed by atoms with Crippen LogP contribution in [0.2, 0.25) is 0 Å². The minimum atomic E-state index is -0.173. The van der Waals surface area contributed by atoms with E-state index in [1.54, 1.807) is 11.9 Å². The maximum atomic E-state index is 12.3. The standard InChI is InChI=1S/C16H22N4O2/c1-17-16(22)20-9-13-8-19(7-12-5-3-2-4-6-12)10-14(11-20)18-15(13)21/h2-6,13-14H,7-11H2,1H3,(H,17,22)(H,18,21)/t13-,14+/m1/s1. The molecule has 2 N–H and O–H groups in total. The summed E-state index contributed by atoms with van der Waals surface area (Å²) in [6, 6.07) is 10.2. The Morgan fingerprint density at radius 2 is 2.00 bits per heavy atom. The van der Waals surface area contributed by atoms with E-state index in [9.17, 15) is 9.59 Å². The molecule has 0 unspecified atom stereocenters. The zero-order valence-corrected chi connectivity index (χ0v) is 12.8. The molecule has 0 aromatic heterocycles. The first-order valence-electron chi connectivity index (χ1n) is 7.69. The summed E-state index contributed by atoms with van der Waals surface area (Å²) in [4.78, 5) is 28.2. The monoisotopic (exact) mass is 302 g/mol. The molecule has 2 aliphatic rings. The second kappa shape index (κ2) is 6.36. The van der Waals surface area contributed by atoms with Crippen molar-refractivity contribution in [1.82, 2.24) is 20.4 Å². The summed E-state index contributed by atoms with van der Waals surface area (Å²) in [5, 5.41) is 5.72. The third-order valence-electron chi connectivity index (χ3n) is 4.31. The summed E-state index contributed by atoms with van der Waals surface area (Å²) >= 11 is 0. The molecule has 0 aliphatic carbocycles. The molecule has 2 aliphatic heterocycles. The number of amides is 3. The van der Waals surface area contributed by atoms with Gasteiger partial charge in [0.05, 0.1) is 12.0 Å². The van der Waals surface area contributed by atoms with Crippen molar-refractivity contribution in [2.45, 2.75) is 12.6 Å². The van der Waals surface area contributed by atoms with Crippen molar-refractivity contribution >= 4 is 11.9 Å². The molecule has 2 heterocycles. The highest BCUT2D eigenvalue weighted by Gasteiger charge is 2.36. The molecule has 6 nitrogen and oxygen atoms in total. The molecule has 3 amide bonds. The molecule has 2 saturated heterocycles. The number of hydrogen-bond acceptors (Lipinski definition) is 3. The number of carbonyl (C=O) groups is 2. The molecule has 2 bridgehead atoms. The third kappa shape index (κ3) is 3.22. The summed E-state index contributed by atoms with van der Waals surface area (Å²) in [5.41, 5.74) is 1.25. The number of nitrogens with one attached hydrogen (secondary N) is 2. The minimum Gasteiger partial charge on any atom is -0.350 e. The van der Waals surface area contributed by atoms with Crippen LogP contribution in [0.15, 0.2) is 30.3 Å². The fourth-order valence-corrected chi connectivity index (χ4v) is 3.29. The molecule has 0 saturated carbocycles. The Morgan fingerprint density at radius 1 is 1.23 bits per heavy atom. The van der Waals surface area contributed by atoms with Crippen LogP contribution in [0.1, 0.15) is 5.56 Å². The molecule has 6 heteroatoms. The lowest BCUT2D eigenvalue weighted by Gasteiger charge is -2.33. The van der Waals surface area contributed by atoms with Crippen LogP contribution < -0.4 is 10.6 Å². The molecular weight excluding hydrogens is 280 g/mol. The molecule has 1 aromatic rings. The number of nitrogens with zero attached hydrogens (tertiary/aromatic N) is 2. The third-order valence-corrected chi connectivity index (χ3v) is 4.31. The minimum absolute atomic E-state index is 0.0130. The topological polar surface area (TPSA) is 64.7 Å². The average molecular weight is 302 g/mol. The van der Waals surface area contributed by atoms with Gasteiger partial charge in [-0.3, -0.25) is 9.69 Å². The van der Waals surface area contributed by atoms with E-state index in [4.69, 9.17) is 0 Å². The summed E-state index contributed by atoms with van der Waals surface area (Å²) in [5.74, 6) is -0.111. The van der Waals surface area contributed by atoms with Gasteiger partial charge in [0, 0.05) is 39.8 Å². The number of carbonyl (C=O) groups excluding carboxylic acids is 2. The summed E-state index contributed by atoms with van der Waals surface area (Å²) in [6.45, 7) is 3.33. The van der Waals surface area contributed by atoms with Crippen LogP contribution in [-0.4, -0.2) is 61.0 Å². The maximum Gasteiger partial charge on any atom is 0.317 e. The Morgan fingerprint density at radius 3 is 2.73 bits per heavy atom. The number of rotatable bonds is 2.